The fraction of sp³-hybridized carbons (Fsp3) is 0.280. The monoisotopic (exact) mass is 513 g/mol. The van der Waals surface area contributed by atoms with Crippen molar-refractivity contribution in [3.8, 4) is 27.9 Å². The smallest absolute Gasteiger partial charge is 0.385 e. The van der Waals surface area contributed by atoms with Gasteiger partial charge in [0.05, 0.1) is 18.0 Å². The highest BCUT2D eigenvalue weighted by molar-refractivity contribution is 5.91. The quantitative estimate of drug-likeness (QED) is 0.224. The Bertz CT molecular complexity index is 1430. The largest absolute Gasteiger partial charge is 0.435 e. The normalized spacial score (nSPS) is 12.4. The summed E-state index contributed by atoms with van der Waals surface area (Å²) >= 11 is 0. The van der Waals surface area contributed by atoms with Gasteiger partial charge in [0.1, 0.15) is 5.82 Å². The summed E-state index contributed by atoms with van der Waals surface area (Å²) in [7, 11) is 1.58. The number of hydrogen-bond acceptors (Lipinski definition) is 7. The summed E-state index contributed by atoms with van der Waals surface area (Å²) in [6.45, 7) is 3.45. The molecule has 5 rings (SSSR count). The lowest BCUT2D eigenvalue weighted by molar-refractivity contribution is -0.141. The van der Waals surface area contributed by atoms with Gasteiger partial charge in [0, 0.05) is 73.8 Å². The van der Waals surface area contributed by atoms with Gasteiger partial charge in [0.2, 0.25) is 5.95 Å². The molecular weight excluding hydrogens is 490 g/mol. The lowest BCUT2D eigenvalue weighted by atomic mass is 9.99. The zero-order chi connectivity index (χ0) is 26.2. The van der Waals surface area contributed by atoms with Crippen LogP contribution in [0, 0.1) is 5.82 Å². The van der Waals surface area contributed by atoms with Crippen molar-refractivity contribution < 1.29 is 22.3 Å². The lowest BCUT2D eigenvalue weighted by Gasteiger charge is -2.16. The van der Waals surface area contributed by atoms with E-state index in [9.17, 15) is 17.6 Å². The zero-order valence-corrected chi connectivity index (χ0v) is 20.0. The third-order valence-corrected chi connectivity index (χ3v) is 5.99. The molecule has 1 aliphatic carbocycles. The molecule has 3 aromatic heterocycles. The van der Waals surface area contributed by atoms with E-state index in [1.165, 1.54) is 18.3 Å². The molecule has 12 heteroatoms. The van der Waals surface area contributed by atoms with Gasteiger partial charge in [-0.3, -0.25) is 4.98 Å². The number of anilines is 2. The number of rotatable bonds is 8. The van der Waals surface area contributed by atoms with E-state index in [1.54, 1.807) is 25.7 Å². The van der Waals surface area contributed by atoms with Crippen LogP contribution in [-0.4, -0.2) is 51.5 Å². The van der Waals surface area contributed by atoms with Crippen molar-refractivity contribution >= 4 is 11.6 Å². The Balaban J connectivity index is 1.69. The molecule has 0 spiro atoms. The maximum absolute atomic E-state index is 14.7. The number of pyridine rings is 1. The number of benzene rings is 1. The predicted molar refractivity (Wildman–Crippen MR) is 130 cm³/mol. The minimum atomic E-state index is -4.62. The van der Waals surface area contributed by atoms with Crippen molar-refractivity contribution in [3.63, 3.8) is 0 Å². The number of nitrogens with one attached hydrogen (secondary N) is 2. The number of nitrogens with zero attached hydrogens (tertiary/aromatic N) is 5. The SMILES string of the molecule is CCNc1cc(F)cc2c1Cc1ncc(-c3cnc(NCCOC)nc3)c(-n3ccc(C(F)(F)F)n3)c1-2. The molecule has 0 radical (unpaired) electrons. The average Bonchev–Trinajstić information content (AvgIpc) is 3.50. The van der Waals surface area contributed by atoms with E-state index in [-0.39, 0.29) is 0 Å². The Kier molecular flexibility index (Phi) is 6.50. The molecule has 37 heavy (non-hydrogen) atoms. The highest BCUT2D eigenvalue weighted by atomic mass is 19.4. The molecule has 0 saturated heterocycles. The molecular formula is C25H23F4N7O. The lowest BCUT2D eigenvalue weighted by Crippen LogP contribution is -2.10. The highest BCUT2D eigenvalue weighted by Crippen LogP contribution is 2.46. The second-order valence-corrected chi connectivity index (χ2v) is 8.39. The second kappa shape index (κ2) is 9.77. The first-order chi connectivity index (χ1) is 17.8. The van der Waals surface area contributed by atoms with Crippen LogP contribution in [-0.2, 0) is 17.3 Å². The van der Waals surface area contributed by atoms with E-state index in [2.05, 4.69) is 30.7 Å². The summed E-state index contributed by atoms with van der Waals surface area (Å²) in [4.78, 5) is 13.2. The summed E-state index contributed by atoms with van der Waals surface area (Å²) in [6.07, 6.45) is 1.68. The Morgan fingerprint density at radius 2 is 1.84 bits per heavy atom. The van der Waals surface area contributed by atoms with Crippen LogP contribution in [0.5, 0.6) is 0 Å². The van der Waals surface area contributed by atoms with E-state index >= 15 is 0 Å². The Labute approximate surface area is 209 Å². The number of aromatic nitrogens is 5. The molecule has 192 valence electrons. The number of halogens is 4. The van der Waals surface area contributed by atoms with Gasteiger partial charge in [-0.25, -0.2) is 19.0 Å². The molecule has 2 N–H and O–H groups in total. The third kappa shape index (κ3) is 4.71. The Hall–Kier alpha value is -4.06. The Morgan fingerprint density at radius 1 is 1.05 bits per heavy atom. The van der Waals surface area contributed by atoms with Crippen molar-refractivity contribution in [1.29, 1.82) is 0 Å². The first kappa shape index (κ1) is 24.6. The molecule has 3 heterocycles. The summed E-state index contributed by atoms with van der Waals surface area (Å²) < 4.78 is 61.1. The molecule has 0 amide bonds. The van der Waals surface area contributed by atoms with Crippen LogP contribution in [0.2, 0.25) is 0 Å². The number of ether oxygens (including phenoxy) is 1. The summed E-state index contributed by atoms with van der Waals surface area (Å²) in [6, 6.07) is 3.69. The molecule has 0 fully saturated rings. The maximum atomic E-state index is 14.7. The van der Waals surface area contributed by atoms with Crippen molar-refractivity contribution in [1.82, 2.24) is 24.7 Å². The topological polar surface area (TPSA) is 89.8 Å². The van der Waals surface area contributed by atoms with Crippen LogP contribution in [0.1, 0.15) is 23.9 Å². The molecule has 0 bridgehead atoms. The summed E-state index contributed by atoms with van der Waals surface area (Å²) in [5.41, 5.74) is 3.41. The zero-order valence-electron chi connectivity index (χ0n) is 20.0. The van der Waals surface area contributed by atoms with Gasteiger partial charge in [0.15, 0.2) is 5.69 Å². The maximum Gasteiger partial charge on any atom is 0.435 e. The van der Waals surface area contributed by atoms with E-state index in [1.807, 2.05) is 6.92 Å². The van der Waals surface area contributed by atoms with E-state index in [0.29, 0.717) is 71.4 Å². The van der Waals surface area contributed by atoms with Crippen LogP contribution in [0.15, 0.2) is 43.0 Å². The predicted octanol–water partition coefficient (Wildman–Crippen LogP) is 4.94. The van der Waals surface area contributed by atoms with E-state index < -0.39 is 17.7 Å². The van der Waals surface area contributed by atoms with Crippen molar-refractivity contribution in [2.75, 3.05) is 37.4 Å². The van der Waals surface area contributed by atoms with Gasteiger partial charge in [-0.2, -0.15) is 18.3 Å². The van der Waals surface area contributed by atoms with Gasteiger partial charge in [-0.1, -0.05) is 0 Å². The van der Waals surface area contributed by atoms with Gasteiger partial charge in [0.25, 0.3) is 0 Å². The average molecular weight is 513 g/mol. The van der Waals surface area contributed by atoms with E-state index in [4.69, 9.17) is 4.74 Å². The fourth-order valence-electron chi connectivity index (χ4n) is 4.39. The molecule has 8 nitrogen and oxygen atoms in total. The first-order valence-electron chi connectivity index (χ1n) is 11.6. The van der Waals surface area contributed by atoms with Gasteiger partial charge >= 0.3 is 6.18 Å². The van der Waals surface area contributed by atoms with Gasteiger partial charge in [-0.05, 0) is 36.2 Å². The van der Waals surface area contributed by atoms with Gasteiger partial charge in [-0.15, -0.1) is 0 Å². The third-order valence-electron chi connectivity index (χ3n) is 5.99. The van der Waals surface area contributed by atoms with Crippen LogP contribution < -0.4 is 10.6 Å². The molecule has 0 saturated carbocycles. The van der Waals surface area contributed by atoms with Crippen LogP contribution in [0.4, 0.5) is 29.2 Å². The molecule has 4 aromatic rings. The fourth-order valence-corrected chi connectivity index (χ4v) is 4.39. The number of hydrogen-bond donors (Lipinski definition) is 2. The highest BCUT2D eigenvalue weighted by Gasteiger charge is 2.35. The minimum absolute atomic E-state index is 0.344. The van der Waals surface area contributed by atoms with Crippen molar-refractivity contribution in [3.05, 3.63) is 65.8 Å². The number of alkyl halides is 3. The standard InChI is InChI=1S/C25H23F4N7O/c1-3-30-19-9-15(26)8-17-16(19)10-20-22(17)23(36-6-4-21(35-36)25(27,28)29)18(13-32-20)14-11-33-24(34-12-14)31-5-7-37-2/h4,6,8-9,11-13,30H,3,5,7,10H2,1-2H3,(H,31,33,34). The minimum Gasteiger partial charge on any atom is -0.385 e. The van der Waals surface area contributed by atoms with E-state index in [0.717, 1.165) is 16.3 Å². The van der Waals surface area contributed by atoms with Crippen molar-refractivity contribution in [2.45, 2.75) is 19.5 Å². The van der Waals surface area contributed by atoms with Crippen molar-refractivity contribution in [2.24, 2.45) is 0 Å². The number of methoxy groups -OCH3 is 1. The molecule has 0 aliphatic heterocycles. The molecule has 0 unspecified atom stereocenters. The van der Waals surface area contributed by atoms with Crippen LogP contribution in [0.3, 0.4) is 0 Å². The number of fused-ring (bicyclic) bond motifs is 3. The molecule has 0 atom stereocenters. The molecule has 1 aromatic carbocycles. The summed E-state index contributed by atoms with van der Waals surface area (Å²) in [5.74, 6) is -0.0946. The summed E-state index contributed by atoms with van der Waals surface area (Å²) in [5, 5.41) is 10.0. The Morgan fingerprint density at radius 3 is 2.51 bits per heavy atom. The molecule has 1 aliphatic rings. The first-order valence-corrected chi connectivity index (χ1v) is 11.6. The second-order valence-electron chi connectivity index (χ2n) is 8.39. The van der Waals surface area contributed by atoms with Gasteiger partial charge < -0.3 is 15.4 Å². The van der Waals surface area contributed by atoms with Crippen LogP contribution >= 0.6 is 0 Å². The van der Waals surface area contributed by atoms with Crippen LogP contribution in [0.25, 0.3) is 27.9 Å².